The molecule has 1 aliphatic heterocycles. The maximum absolute atomic E-state index is 11.6. The molecule has 0 radical (unpaired) electrons. The number of ether oxygens (including phenoxy) is 1. The standard InChI is InChI=1S/C15H17NO3/c1-19-15(18)13-11-16(9-5-8-14(13)17)10-12-6-3-2-4-7-12/h2-7,9,11,14,17H,8,10H2,1H3. The van der Waals surface area contributed by atoms with E-state index in [-0.39, 0.29) is 5.57 Å². The molecule has 0 bridgehead atoms. The molecule has 19 heavy (non-hydrogen) atoms. The highest BCUT2D eigenvalue weighted by atomic mass is 16.5. The molecule has 4 nitrogen and oxygen atoms in total. The number of aliphatic hydroxyl groups is 1. The Labute approximate surface area is 112 Å². The van der Waals surface area contributed by atoms with Crippen LogP contribution < -0.4 is 0 Å². The number of methoxy groups -OCH3 is 1. The van der Waals surface area contributed by atoms with Gasteiger partial charge in [-0.1, -0.05) is 36.4 Å². The molecule has 0 saturated carbocycles. The van der Waals surface area contributed by atoms with Crippen LogP contribution in [0.15, 0.2) is 54.4 Å². The molecule has 0 aromatic heterocycles. The van der Waals surface area contributed by atoms with Gasteiger partial charge in [0.15, 0.2) is 0 Å². The molecular formula is C15H17NO3. The third kappa shape index (κ3) is 3.45. The quantitative estimate of drug-likeness (QED) is 0.841. The zero-order chi connectivity index (χ0) is 13.7. The summed E-state index contributed by atoms with van der Waals surface area (Å²) in [5, 5.41) is 9.89. The molecule has 1 aromatic rings. The van der Waals surface area contributed by atoms with Crippen LogP contribution in [0, 0.1) is 0 Å². The van der Waals surface area contributed by atoms with E-state index in [1.165, 1.54) is 7.11 Å². The van der Waals surface area contributed by atoms with Gasteiger partial charge in [-0.2, -0.15) is 0 Å². The van der Waals surface area contributed by atoms with Crippen LogP contribution in [0.2, 0.25) is 0 Å². The van der Waals surface area contributed by atoms with E-state index >= 15 is 0 Å². The minimum Gasteiger partial charge on any atom is -0.466 e. The number of hydrogen-bond acceptors (Lipinski definition) is 4. The molecule has 4 heteroatoms. The summed E-state index contributed by atoms with van der Waals surface area (Å²) in [7, 11) is 1.32. The predicted octanol–water partition coefficient (Wildman–Crippen LogP) is 1.82. The van der Waals surface area contributed by atoms with Gasteiger partial charge in [-0.15, -0.1) is 0 Å². The first-order chi connectivity index (χ1) is 9.20. The lowest BCUT2D eigenvalue weighted by Gasteiger charge is -2.16. The zero-order valence-electron chi connectivity index (χ0n) is 10.8. The lowest BCUT2D eigenvalue weighted by molar-refractivity contribution is -0.137. The molecule has 1 unspecified atom stereocenters. The number of rotatable bonds is 3. The molecule has 0 fully saturated rings. The maximum Gasteiger partial charge on any atom is 0.337 e. The van der Waals surface area contributed by atoms with Crippen LogP contribution in [0.5, 0.6) is 0 Å². The summed E-state index contributed by atoms with van der Waals surface area (Å²) in [5.74, 6) is -0.491. The van der Waals surface area contributed by atoms with E-state index < -0.39 is 12.1 Å². The van der Waals surface area contributed by atoms with Gasteiger partial charge in [0, 0.05) is 12.7 Å². The van der Waals surface area contributed by atoms with Crippen molar-refractivity contribution in [3.8, 4) is 0 Å². The third-order valence-electron chi connectivity index (χ3n) is 2.95. The molecule has 1 N–H and O–H groups in total. The van der Waals surface area contributed by atoms with Crippen molar-refractivity contribution in [1.29, 1.82) is 0 Å². The van der Waals surface area contributed by atoms with Crippen molar-refractivity contribution in [3.63, 3.8) is 0 Å². The Kier molecular flexibility index (Phi) is 4.36. The summed E-state index contributed by atoms with van der Waals surface area (Å²) >= 11 is 0. The van der Waals surface area contributed by atoms with Crippen molar-refractivity contribution in [2.45, 2.75) is 19.1 Å². The lowest BCUT2D eigenvalue weighted by atomic mass is 10.1. The molecule has 0 amide bonds. The van der Waals surface area contributed by atoms with Gasteiger partial charge in [-0.05, 0) is 18.2 Å². The monoisotopic (exact) mass is 259 g/mol. The average molecular weight is 259 g/mol. The Bertz CT molecular complexity index is 493. The fraction of sp³-hybridized carbons (Fsp3) is 0.267. The number of nitrogens with zero attached hydrogens (tertiary/aromatic N) is 1. The Morgan fingerprint density at radius 3 is 2.84 bits per heavy atom. The first kappa shape index (κ1) is 13.4. The van der Waals surface area contributed by atoms with Crippen molar-refractivity contribution in [2.24, 2.45) is 0 Å². The molecule has 1 aliphatic rings. The van der Waals surface area contributed by atoms with E-state index in [0.29, 0.717) is 13.0 Å². The molecule has 2 rings (SSSR count). The van der Waals surface area contributed by atoms with Crippen molar-refractivity contribution >= 4 is 5.97 Å². The van der Waals surface area contributed by atoms with E-state index in [9.17, 15) is 9.90 Å². The van der Waals surface area contributed by atoms with E-state index in [2.05, 4.69) is 0 Å². The third-order valence-corrected chi connectivity index (χ3v) is 2.95. The zero-order valence-corrected chi connectivity index (χ0v) is 10.8. The molecular weight excluding hydrogens is 242 g/mol. The second-order valence-corrected chi connectivity index (χ2v) is 4.37. The molecule has 0 aliphatic carbocycles. The Morgan fingerprint density at radius 1 is 1.42 bits per heavy atom. The van der Waals surface area contributed by atoms with Gasteiger partial charge in [0.2, 0.25) is 0 Å². The van der Waals surface area contributed by atoms with E-state index in [4.69, 9.17) is 4.74 Å². The summed E-state index contributed by atoms with van der Waals surface area (Å²) < 4.78 is 4.69. The van der Waals surface area contributed by atoms with Gasteiger partial charge in [0.05, 0.1) is 18.8 Å². The van der Waals surface area contributed by atoms with Crippen molar-refractivity contribution in [1.82, 2.24) is 4.90 Å². The second-order valence-electron chi connectivity index (χ2n) is 4.37. The topological polar surface area (TPSA) is 49.8 Å². The largest absolute Gasteiger partial charge is 0.466 e. The van der Waals surface area contributed by atoms with Crippen LogP contribution in [0.4, 0.5) is 0 Å². The molecule has 100 valence electrons. The number of benzene rings is 1. The smallest absolute Gasteiger partial charge is 0.337 e. The van der Waals surface area contributed by atoms with Gasteiger partial charge in [0.25, 0.3) is 0 Å². The molecule has 0 saturated heterocycles. The van der Waals surface area contributed by atoms with E-state index in [0.717, 1.165) is 5.56 Å². The maximum atomic E-state index is 11.6. The summed E-state index contributed by atoms with van der Waals surface area (Å²) in [5.41, 5.74) is 1.41. The van der Waals surface area contributed by atoms with Gasteiger partial charge in [0.1, 0.15) is 0 Å². The molecule has 0 spiro atoms. The molecule has 1 heterocycles. The van der Waals surface area contributed by atoms with Crippen molar-refractivity contribution in [3.05, 3.63) is 59.9 Å². The van der Waals surface area contributed by atoms with Crippen molar-refractivity contribution in [2.75, 3.05) is 7.11 Å². The van der Waals surface area contributed by atoms with Crippen LogP contribution in [0.25, 0.3) is 0 Å². The van der Waals surface area contributed by atoms with Crippen LogP contribution in [0.1, 0.15) is 12.0 Å². The van der Waals surface area contributed by atoms with Gasteiger partial charge in [-0.3, -0.25) is 0 Å². The van der Waals surface area contributed by atoms with Gasteiger partial charge in [-0.25, -0.2) is 4.79 Å². The first-order valence-electron chi connectivity index (χ1n) is 6.15. The predicted molar refractivity (Wildman–Crippen MR) is 71.8 cm³/mol. The molecule has 1 atom stereocenters. The number of carbonyl (C=O) groups excluding carboxylic acids is 1. The van der Waals surface area contributed by atoms with E-state index in [1.807, 2.05) is 47.5 Å². The minimum atomic E-state index is -0.815. The van der Waals surface area contributed by atoms with Gasteiger partial charge >= 0.3 is 5.97 Å². The fourth-order valence-electron chi connectivity index (χ4n) is 1.96. The molecule has 1 aromatic carbocycles. The van der Waals surface area contributed by atoms with Gasteiger partial charge < -0.3 is 14.7 Å². The number of carbonyl (C=O) groups is 1. The van der Waals surface area contributed by atoms with Crippen LogP contribution in [-0.4, -0.2) is 29.2 Å². The fourth-order valence-corrected chi connectivity index (χ4v) is 1.96. The minimum absolute atomic E-state index is 0.281. The highest BCUT2D eigenvalue weighted by Gasteiger charge is 2.21. The highest BCUT2D eigenvalue weighted by Crippen LogP contribution is 2.17. The average Bonchev–Trinajstić information content (AvgIpc) is 2.61. The van der Waals surface area contributed by atoms with Crippen LogP contribution in [-0.2, 0) is 16.1 Å². The van der Waals surface area contributed by atoms with Crippen LogP contribution in [0.3, 0.4) is 0 Å². The summed E-state index contributed by atoms with van der Waals surface area (Å²) in [6.07, 6.45) is 4.95. The normalized spacial score (nSPS) is 18.7. The Morgan fingerprint density at radius 2 is 2.16 bits per heavy atom. The highest BCUT2D eigenvalue weighted by molar-refractivity contribution is 5.89. The first-order valence-corrected chi connectivity index (χ1v) is 6.15. The summed E-state index contributed by atoms with van der Waals surface area (Å²) in [4.78, 5) is 13.5. The summed E-state index contributed by atoms with van der Waals surface area (Å²) in [6.45, 7) is 0.643. The van der Waals surface area contributed by atoms with Crippen molar-refractivity contribution < 1.29 is 14.6 Å². The Balaban J connectivity index is 2.19. The second kappa shape index (κ2) is 6.20. The van der Waals surface area contributed by atoms with Crippen LogP contribution >= 0.6 is 0 Å². The Hall–Kier alpha value is -2.07. The number of aliphatic hydroxyl groups excluding tert-OH is 1. The lowest BCUT2D eigenvalue weighted by Crippen LogP contribution is -2.20. The SMILES string of the molecule is COC(=O)C1=CN(Cc2ccccc2)C=CCC1O. The number of hydrogen-bond donors (Lipinski definition) is 1. The number of esters is 1. The summed E-state index contributed by atoms with van der Waals surface area (Å²) in [6, 6.07) is 9.93. The van der Waals surface area contributed by atoms with E-state index in [1.54, 1.807) is 6.20 Å².